The Labute approximate surface area is 237 Å². The van der Waals surface area contributed by atoms with Gasteiger partial charge in [-0.1, -0.05) is 29.8 Å². The Morgan fingerprint density at radius 3 is 2.41 bits per heavy atom. The zero-order chi connectivity index (χ0) is 28.5. The number of amides is 1. The van der Waals surface area contributed by atoms with E-state index in [9.17, 15) is 10.1 Å². The number of nitriles is 1. The quantitative estimate of drug-likeness (QED) is 0.344. The van der Waals surface area contributed by atoms with Crippen LogP contribution in [0.1, 0.15) is 22.6 Å². The highest BCUT2D eigenvalue weighted by atomic mass is 16.2. The minimum atomic E-state index is -0.340. The van der Waals surface area contributed by atoms with Crippen LogP contribution in [0.5, 0.6) is 0 Å². The molecule has 6 rings (SSSR count). The van der Waals surface area contributed by atoms with Crippen molar-refractivity contribution in [3.05, 3.63) is 84.1 Å². The first-order chi connectivity index (χ1) is 19.9. The van der Waals surface area contributed by atoms with Crippen LogP contribution >= 0.6 is 0 Å². The highest BCUT2D eigenvalue weighted by Crippen LogP contribution is 2.29. The second-order valence-electron chi connectivity index (χ2n) is 10.3. The molecule has 41 heavy (non-hydrogen) atoms. The largest absolute Gasteiger partial charge is 0.353 e. The third-order valence-electron chi connectivity index (χ3n) is 7.57. The first kappa shape index (κ1) is 26.2. The van der Waals surface area contributed by atoms with E-state index in [1.807, 2.05) is 61.5 Å². The van der Waals surface area contributed by atoms with Crippen molar-refractivity contribution in [2.75, 3.05) is 37.6 Å². The highest BCUT2D eigenvalue weighted by molar-refractivity contribution is 5.85. The molecule has 1 saturated heterocycles. The molecule has 4 aromatic heterocycles. The molecule has 11 heteroatoms. The van der Waals surface area contributed by atoms with Crippen molar-refractivity contribution in [1.82, 2.24) is 34.3 Å². The van der Waals surface area contributed by atoms with Gasteiger partial charge < -0.3 is 15.5 Å². The number of aromatic nitrogens is 6. The molecule has 1 aliphatic rings. The van der Waals surface area contributed by atoms with Crippen molar-refractivity contribution >= 4 is 17.2 Å². The van der Waals surface area contributed by atoms with Crippen molar-refractivity contribution in [1.29, 1.82) is 5.26 Å². The molecule has 1 aliphatic heterocycles. The summed E-state index contributed by atoms with van der Waals surface area (Å²) in [6, 6.07) is 14.2. The van der Waals surface area contributed by atoms with E-state index in [1.165, 1.54) is 0 Å². The lowest BCUT2D eigenvalue weighted by atomic mass is 9.96. The number of hydrogen-bond donors (Lipinski definition) is 1. The SMILES string of the molecule is Cc1ccc(C(CN)C(=O)N2CCN(c3ccc(-c4nc(-c5cnn(C)c5)cn5ncc(C#N)c45)cn3)CC2)cc1. The minimum Gasteiger partial charge on any atom is -0.353 e. The third kappa shape index (κ3) is 5.01. The van der Waals surface area contributed by atoms with Crippen LogP contribution in [0.2, 0.25) is 0 Å². The van der Waals surface area contributed by atoms with Crippen LogP contribution in [0.3, 0.4) is 0 Å². The van der Waals surface area contributed by atoms with Crippen LogP contribution in [-0.4, -0.2) is 72.9 Å². The van der Waals surface area contributed by atoms with Crippen molar-refractivity contribution in [3.63, 3.8) is 0 Å². The van der Waals surface area contributed by atoms with E-state index in [4.69, 9.17) is 15.7 Å². The standard InChI is InChI=1S/C30H30N10O/c1-20-3-5-21(6-4-20)25(14-32)30(41)39-11-9-38(10-12-39)27-8-7-22(15-33-27)28-29-23(13-31)16-35-40(29)19-26(36-28)24-17-34-37(2)18-24/h3-8,15-19,25H,9-12,14,32H2,1-2H3. The van der Waals surface area contributed by atoms with Crippen molar-refractivity contribution in [3.8, 4) is 28.6 Å². The number of aryl methyl sites for hydroxylation is 2. The molecular formula is C30H30N10O. The van der Waals surface area contributed by atoms with Gasteiger partial charge in [-0.25, -0.2) is 14.5 Å². The van der Waals surface area contributed by atoms with Gasteiger partial charge in [0, 0.05) is 63.3 Å². The summed E-state index contributed by atoms with van der Waals surface area (Å²) >= 11 is 0. The minimum absolute atomic E-state index is 0.0667. The van der Waals surface area contributed by atoms with Gasteiger partial charge in [0.15, 0.2) is 0 Å². The van der Waals surface area contributed by atoms with Gasteiger partial charge in [-0.3, -0.25) is 9.48 Å². The Balaban J connectivity index is 1.20. The monoisotopic (exact) mass is 546 g/mol. The molecule has 206 valence electrons. The third-order valence-corrected chi connectivity index (χ3v) is 7.57. The first-order valence-corrected chi connectivity index (χ1v) is 13.5. The number of carbonyl (C=O) groups is 1. The smallest absolute Gasteiger partial charge is 0.231 e. The fourth-order valence-electron chi connectivity index (χ4n) is 5.26. The molecular weight excluding hydrogens is 516 g/mol. The van der Waals surface area contributed by atoms with E-state index in [0.29, 0.717) is 48.6 Å². The molecule has 1 fully saturated rings. The van der Waals surface area contributed by atoms with Crippen LogP contribution in [-0.2, 0) is 11.8 Å². The fourth-order valence-corrected chi connectivity index (χ4v) is 5.26. The van der Waals surface area contributed by atoms with Gasteiger partial charge in [-0.2, -0.15) is 15.5 Å². The van der Waals surface area contributed by atoms with Crippen LogP contribution < -0.4 is 10.6 Å². The molecule has 1 unspecified atom stereocenters. The second kappa shape index (κ2) is 10.8. The van der Waals surface area contributed by atoms with Gasteiger partial charge >= 0.3 is 0 Å². The number of nitrogens with two attached hydrogens (primary N) is 1. The molecule has 0 bridgehead atoms. The Hall–Kier alpha value is -5.08. The van der Waals surface area contributed by atoms with Gasteiger partial charge in [-0.15, -0.1) is 0 Å². The summed E-state index contributed by atoms with van der Waals surface area (Å²) in [6.07, 6.45) is 8.75. The Bertz CT molecular complexity index is 1740. The molecule has 2 N–H and O–H groups in total. The maximum atomic E-state index is 13.3. The Morgan fingerprint density at radius 2 is 1.78 bits per heavy atom. The van der Waals surface area contributed by atoms with Crippen LogP contribution in [0.4, 0.5) is 5.82 Å². The van der Waals surface area contributed by atoms with E-state index < -0.39 is 0 Å². The molecule has 0 spiro atoms. The summed E-state index contributed by atoms with van der Waals surface area (Å²) in [6.45, 7) is 4.84. The summed E-state index contributed by atoms with van der Waals surface area (Å²) < 4.78 is 3.39. The number of benzene rings is 1. The molecule has 0 saturated carbocycles. The molecule has 1 aromatic carbocycles. The van der Waals surface area contributed by atoms with Crippen molar-refractivity contribution in [2.24, 2.45) is 12.8 Å². The number of fused-ring (bicyclic) bond motifs is 1. The number of pyridine rings is 1. The summed E-state index contributed by atoms with van der Waals surface area (Å²) in [5.41, 5.74) is 12.1. The van der Waals surface area contributed by atoms with Crippen LogP contribution in [0.15, 0.2) is 67.4 Å². The topological polar surface area (TPSA) is 134 Å². The van der Waals surface area contributed by atoms with E-state index in [0.717, 1.165) is 28.1 Å². The predicted octanol–water partition coefficient (Wildman–Crippen LogP) is 2.76. The number of rotatable bonds is 6. The molecule has 0 aliphatic carbocycles. The van der Waals surface area contributed by atoms with Gasteiger partial charge in [0.2, 0.25) is 5.91 Å². The lowest BCUT2D eigenvalue weighted by Gasteiger charge is -2.37. The van der Waals surface area contributed by atoms with Crippen LogP contribution in [0.25, 0.3) is 28.0 Å². The van der Waals surface area contributed by atoms with E-state index in [-0.39, 0.29) is 18.4 Å². The molecule has 1 atom stereocenters. The summed E-state index contributed by atoms with van der Waals surface area (Å²) in [5.74, 6) is 0.549. The maximum Gasteiger partial charge on any atom is 0.231 e. The van der Waals surface area contributed by atoms with Gasteiger partial charge in [0.25, 0.3) is 0 Å². The zero-order valence-corrected chi connectivity index (χ0v) is 23.0. The van der Waals surface area contributed by atoms with Crippen molar-refractivity contribution in [2.45, 2.75) is 12.8 Å². The average molecular weight is 547 g/mol. The van der Waals surface area contributed by atoms with Gasteiger partial charge in [-0.05, 0) is 24.6 Å². The normalized spacial score (nSPS) is 14.3. The lowest BCUT2D eigenvalue weighted by Crippen LogP contribution is -2.51. The summed E-state index contributed by atoms with van der Waals surface area (Å²) in [5, 5.41) is 18.3. The number of piperazine rings is 1. The maximum absolute atomic E-state index is 13.3. The number of nitrogens with zero attached hydrogens (tertiary/aromatic N) is 9. The van der Waals surface area contributed by atoms with E-state index in [1.54, 1.807) is 34.0 Å². The average Bonchev–Trinajstić information content (AvgIpc) is 3.64. The number of hydrogen-bond acceptors (Lipinski definition) is 8. The number of carbonyl (C=O) groups excluding carboxylic acids is 1. The molecule has 5 heterocycles. The fraction of sp³-hybridized carbons (Fsp3) is 0.267. The van der Waals surface area contributed by atoms with Crippen LogP contribution in [0, 0.1) is 18.3 Å². The molecule has 11 nitrogen and oxygen atoms in total. The Kier molecular flexibility index (Phi) is 6.91. The van der Waals surface area contributed by atoms with Gasteiger partial charge in [0.1, 0.15) is 23.0 Å². The lowest BCUT2D eigenvalue weighted by molar-refractivity contribution is -0.132. The molecule has 0 radical (unpaired) electrons. The summed E-state index contributed by atoms with van der Waals surface area (Å²) in [7, 11) is 1.85. The highest BCUT2D eigenvalue weighted by Gasteiger charge is 2.28. The van der Waals surface area contributed by atoms with E-state index in [2.05, 4.69) is 21.2 Å². The predicted molar refractivity (Wildman–Crippen MR) is 155 cm³/mol. The van der Waals surface area contributed by atoms with Gasteiger partial charge in [0.05, 0.1) is 35.9 Å². The first-order valence-electron chi connectivity index (χ1n) is 13.5. The second-order valence-corrected chi connectivity index (χ2v) is 10.3. The molecule has 1 amide bonds. The van der Waals surface area contributed by atoms with Crippen molar-refractivity contribution < 1.29 is 4.79 Å². The molecule has 5 aromatic rings. The van der Waals surface area contributed by atoms with E-state index >= 15 is 0 Å². The number of anilines is 1. The zero-order valence-electron chi connectivity index (χ0n) is 23.0. The Morgan fingerprint density at radius 1 is 1.00 bits per heavy atom. The summed E-state index contributed by atoms with van der Waals surface area (Å²) in [4.78, 5) is 27.0.